The van der Waals surface area contributed by atoms with Gasteiger partial charge >= 0.3 is 0 Å². The van der Waals surface area contributed by atoms with Crippen LogP contribution in [0.5, 0.6) is 0 Å². The summed E-state index contributed by atoms with van der Waals surface area (Å²) in [6, 6.07) is 0. The van der Waals surface area contributed by atoms with E-state index in [1.165, 1.54) is 43.3 Å². The first-order valence-corrected chi connectivity index (χ1v) is 10.4. The van der Waals surface area contributed by atoms with Gasteiger partial charge in [0.05, 0.1) is 0 Å². The van der Waals surface area contributed by atoms with Crippen LogP contribution in [0.2, 0.25) is 0 Å². The van der Waals surface area contributed by atoms with Gasteiger partial charge in [-0.15, -0.1) is 11.6 Å². The standard InChI is InChI=1S/C22H31ClO/c1-14(13-23)18-6-7-19-17-5-4-15-12-16(24)8-10-21(15,2)20(17)9-11-22(18,19)3/h4,17,19-20H,5-13H2,1-3H3/t17?,19?,20?,21-,22+/m0/s1. The summed E-state index contributed by atoms with van der Waals surface area (Å²) in [4.78, 5) is 11.9. The molecule has 3 saturated carbocycles. The molecular formula is C22H31ClO. The largest absolute Gasteiger partial charge is 0.299 e. The Morgan fingerprint density at radius 3 is 2.67 bits per heavy atom. The van der Waals surface area contributed by atoms with Crippen molar-refractivity contribution < 1.29 is 4.79 Å². The second-order valence-electron chi connectivity index (χ2n) is 9.36. The zero-order chi connectivity index (χ0) is 17.1. The Kier molecular flexibility index (Phi) is 4.03. The van der Waals surface area contributed by atoms with E-state index in [2.05, 4.69) is 26.8 Å². The van der Waals surface area contributed by atoms with Crippen molar-refractivity contribution in [1.82, 2.24) is 0 Å². The van der Waals surface area contributed by atoms with Gasteiger partial charge in [0.1, 0.15) is 5.78 Å². The fraction of sp³-hybridized carbons (Fsp3) is 0.773. The highest BCUT2D eigenvalue weighted by Gasteiger charge is 2.57. The van der Waals surface area contributed by atoms with Gasteiger partial charge in [0.25, 0.3) is 0 Å². The molecule has 4 rings (SSSR count). The Balaban J connectivity index is 1.69. The minimum Gasteiger partial charge on any atom is -0.299 e. The molecule has 0 aromatic heterocycles. The van der Waals surface area contributed by atoms with Crippen LogP contribution in [0.4, 0.5) is 0 Å². The Morgan fingerprint density at radius 1 is 1.17 bits per heavy atom. The fourth-order valence-corrected chi connectivity index (χ4v) is 7.23. The molecule has 0 spiro atoms. The van der Waals surface area contributed by atoms with Gasteiger partial charge in [-0.05, 0) is 74.0 Å². The van der Waals surface area contributed by atoms with Gasteiger partial charge in [-0.25, -0.2) is 0 Å². The van der Waals surface area contributed by atoms with Crippen LogP contribution < -0.4 is 0 Å². The number of Topliss-reactive ketones (excluding diaryl/α,β-unsaturated/α-hetero) is 1. The first-order valence-electron chi connectivity index (χ1n) is 9.86. The van der Waals surface area contributed by atoms with Crippen LogP contribution in [0.15, 0.2) is 22.8 Å². The molecule has 24 heavy (non-hydrogen) atoms. The molecule has 0 amide bonds. The summed E-state index contributed by atoms with van der Waals surface area (Å²) in [6.45, 7) is 7.24. The Morgan fingerprint density at radius 2 is 1.92 bits per heavy atom. The molecule has 0 N–H and O–H groups in total. The summed E-state index contributed by atoms with van der Waals surface area (Å²) >= 11 is 6.19. The number of carbonyl (C=O) groups is 1. The van der Waals surface area contributed by atoms with E-state index in [1.54, 1.807) is 5.57 Å². The number of halogens is 1. The first-order chi connectivity index (χ1) is 11.4. The first kappa shape index (κ1) is 16.9. The molecule has 3 unspecified atom stereocenters. The van der Waals surface area contributed by atoms with Crippen LogP contribution in [-0.4, -0.2) is 11.7 Å². The summed E-state index contributed by atoms with van der Waals surface area (Å²) in [6.07, 6.45) is 11.6. The smallest absolute Gasteiger partial charge is 0.136 e. The summed E-state index contributed by atoms with van der Waals surface area (Å²) in [7, 11) is 0. The lowest BCUT2D eigenvalue weighted by molar-refractivity contribution is -0.122. The molecule has 4 aliphatic carbocycles. The van der Waals surface area contributed by atoms with Crippen molar-refractivity contribution in [2.75, 3.05) is 5.88 Å². The van der Waals surface area contributed by atoms with E-state index in [0.29, 0.717) is 22.5 Å². The molecule has 0 saturated heterocycles. The number of fused-ring (bicyclic) bond motifs is 5. The van der Waals surface area contributed by atoms with Crippen LogP contribution in [0.3, 0.4) is 0 Å². The number of ketones is 1. The predicted octanol–water partition coefficient (Wildman–Crippen LogP) is 6.07. The van der Waals surface area contributed by atoms with E-state index in [1.807, 2.05) is 0 Å². The van der Waals surface area contributed by atoms with E-state index in [4.69, 9.17) is 11.6 Å². The summed E-state index contributed by atoms with van der Waals surface area (Å²) in [5.74, 6) is 3.57. The van der Waals surface area contributed by atoms with Crippen LogP contribution in [0.25, 0.3) is 0 Å². The molecule has 0 bridgehead atoms. The lowest BCUT2D eigenvalue weighted by atomic mass is 9.48. The second kappa shape index (κ2) is 5.73. The normalized spacial score (nSPS) is 46.8. The van der Waals surface area contributed by atoms with Gasteiger partial charge in [-0.2, -0.15) is 0 Å². The Labute approximate surface area is 151 Å². The maximum atomic E-state index is 11.9. The zero-order valence-corrected chi connectivity index (χ0v) is 16.2. The molecular weight excluding hydrogens is 316 g/mol. The Hall–Kier alpha value is -0.560. The SMILES string of the molecule is CC(CCl)=C1CCC2C3CC=C4CC(=O)CC[C@]4(C)C3CC[C@]12C. The number of hydrogen-bond acceptors (Lipinski definition) is 1. The van der Waals surface area contributed by atoms with Crippen LogP contribution in [-0.2, 0) is 4.79 Å². The van der Waals surface area contributed by atoms with Crippen molar-refractivity contribution >= 4 is 17.4 Å². The highest BCUT2D eigenvalue weighted by Crippen LogP contribution is 2.66. The van der Waals surface area contributed by atoms with Gasteiger partial charge in [0, 0.05) is 18.7 Å². The molecule has 0 aromatic carbocycles. The van der Waals surface area contributed by atoms with Gasteiger partial charge < -0.3 is 0 Å². The highest BCUT2D eigenvalue weighted by molar-refractivity contribution is 6.19. The Bertz CT molecular complexity index is 630. The van der Waals surface area contributed by atoms with Crippen LogP contribution in [0.1, 0.15) is 72.1 Å². The highest BCUT2D eigenvalue weighted by atomic mass is 35.5. The minimum absolute atomic E-state index is 0.298. The summed E-state index contributed by atoms with van der Waals surface area (Å²) < 4.78 is 0. The fourth-order valence-electron chi connectivity index (χ4n) is 7.07. The molecule has 4 aliphatic rings. The van der Waals surface area contributed by atoms with E-state index in [9.17, 15) is 4.79 Å². The van der Waals surface area contributed by atoms with Gasteiger partial charge in [0.15, 0.2) is 0 Å². The van der Waals surface area contributed by atoms with Gasteiger partial charge in [-0.1, -0.05) is 36.6 Å². The third-order valence-electron chi connectivity index (χ3n) is 8.44. The molecule has 2 heteroatoms. The summed E-state index contributed by atoms with van der Waals surface area (Å²) in [5, 5.41) is 0. The molecule has 5 atom stereocenters. The molecule has 132 valence electrons. The molecule has 0 heterocycles. The average molecular weight is 347 g/mol. The van der Waals surface area contributed by atoms with Gasteiger partial charge in [-0.3, -0.25) is 4.79 Å². The number of hydrogen-bond donors (Lipinski definition) is 0. The molecule has 0 aliphatic heterocycles. The molecule has 0 aromatic rings. The van der Waals surface area contributed by atoms with E-state index in [-0.39, 0.29) is 0 Å². The summed E-state index contributed by atoms with van der Waals surface area (Å²) in [5.41, 5.74) is 5.27. The third-order valence-corrected chi connectivity index (χ3v) is 8.84. The van der Waals surface area contributed by atoms with Crippen molar-refractivity contribution in [3.63, 3.8) is 0 Å². The maximum Gasteiger partial charge on any atom is 0.136 e. The number of alkyl halides is 1. The lowest BCUT2D eigenvalue weighted by Gasteiger charge is -2.57. The van der Waals surface area contributed by atoms with E-state index in [0.717, 1.165) is 37.0 Å². The van der Waals surface area contributed by atoms with Crippen LogP contribution >= 0.6 is 11.6 Å². The number of allylic oxidation sites excluding steroid dienone is 4. The van der Waals surface area contributed by atoms with Crippen molar-refractivity contribution in [1.29, 1.82) is 0 Å². The van der Waals surface area contributed by atoms with Crippen molar-refractivity contribution in [2.45, 2.75) is 72.1 Å². The topological polar surface area (TPSA) is 17.1 Å². The van der Waals surface area contributed by atoms with E-state index < -0.39 is 0 Å². The van der Waals surface area contributed by atoms with Crippen LogP contribution in [0, 0.1) is 28.6 Å². The molecule has 0 radical (unpaired) electrons. The van der Waals surface area contributed by atoms with Gasteiger partial charge in [0.2, 0.25) is 0 Å². The quantitative estimate of drug-likeness (QED) is 0.415. The average Bonchev–Trinajstić information content (AvgIpc) is 2.92. The maximum absolute atomic E-state index is 11.9. The van der Waals surface area contributed by atoms with Crippen molar-refractivity contribution in [2.24, 2.45) is 28.6 Å². The zero-order valence-electron chi connectivity index (χ0n) is 15.5. The predicted molar refractivity (Wildman–Crippen MR) is 100 cm³/mol. The number of carbonyl (C=O) groups excluding carboxylic acids is 1. The third kappa shape index (κ3) is 2.23. The van der Waals surface area contributed by atoms with Crippen molar-refractivity contribution in [3.8, 4) is 0 Å². The molecule has 3 fully saturated rings. The molecule has 1 nitrogen and oxygen atoms in total. The second-order valence-corrected chi connectivity index (χ2v) is 9.63. The van der Waals surface area contributed by atoms with Crippen molar-refractivity contribution in [3.05, 3.63) is 22.8 Å². The van der Waals surface area contributed by atoms with E-state index >= 15 is 0 Å². The lowest BCUT2D eigenvalue weighted by Crippen LogP contribution is -2.49. The minimum atomic E-state index is 0.298. The number of rotatable bonds is 1. The monoisotopic (exact) mass is 346 g/mol.